The quantitative estimate of drug-likeness (QED) is 0.179. The summed E-state index contributed by atoms with van der Waals surface area (Å²) in [5, 5.41) is 27.9. The number of rotatable bonds is 7. The summed E-state index contributed by atoms with van der Waals surface area (Å²) in [6, 6.07) is 34.9. The molecule has 0 saturated carbocycles. The molecule has 0 bridgehead atoms. The Kier molecular flexibility index (Phi) is 6.29. The second kappa shape index (κ2) is 9.46. The largest absolute Gasteiger partial charge is 0.506 e. The van der Waals surface area contributed by atoms with E-state index in [0.29, 0.717) is 0 Å². The second-order valence-corrected chi connectivity index (χ2v) is 10.4. The van der Waals surface area contributed by atoms with Gasteiger partial charge < -0.3 is 10.4 Å². The first-order chi connectivity index (χ1) is 15.6. The predicted octanol–water partition coefficient (Wildman–Crippen LogP) is 5.18. The summed E-state index contributed by atoms with van der Waals surface area (Å²) in [6.07, 6.45) is 1.78. The lowest BCUT2D eigenvalue weighted by atomic mass is 10.2. The Hall–Kier alpha value is -3.95. The average Bonchev–Trinajstić information content (AvgIpc) is 2.84. The lowest BCUT2D eigenvalue weighted by molar-refractivity contribution is -0.384. The summed E-state index contributed by atoms with van der Waals surface area (Å²) in [7, 11) is -2.19. The maximum Gasteiger partial charge on any atom is 0.271 e. The topological polar surface area (TPSA) is 75.4 Å². The van der Waals surface area contributed by atoms with Gasteiger partial charge in [0.25, 0.3) is 5.69 Å². The Bertz CT molecular complexity index is 1130. The van der Waals surface area contributed by atoms with Crippen LogP contribution in [0.25, 0.3) is 0 Å². The molecule has 4 aromatic rings. The van der Waals surface area contributed by atoms with Crippen molar-refractivity contribution in [3.05, 3.63) is 131 Å². The van der Waals surface area contributed by atoms with Gasteiger partial charge in [0, 0.05) is 18.3 Å². The van der Waals surface area contributed by atoms with E-state index in [1.165, 1.54) is 34.1 Å². The molecule has 0 unspecified atom stereocenters. The third kappa shape index (κ3) is 4.25. The Morgan fingerprint density at radius 2 is 1.22 bits per heavy atom. The number of nitro benzene ring substituents is 1. The molecule has 0 aliphatic heterocycles. The van der Waals surface area contributed by atoms with Gasteiger partial charge in [0.15, 0.2) is 0 Å². The molecule has 0 heterocycles. The summed E-state index contributed by atoms with van der Waals surface area (Å²) >= 11 is 0. The van der Waals surface area contributed by atoms with Crippen molar-refractivity contribution >= 4 is 34.6 Å². The number of benzene rings is 4. The molecule has 2 N–H and O–H groups in total. The van der Waals surface area contributed by atoms with Gasteiger partial charge >= 0.3 is 0 Å². The number of aromatic hydroxyl groups is 1. The minimum Gasteiger partial charge on any atom is -0.506 e. The van der Waals surface area contributed by atoms with E-state index in [-0.39, 0.29) is 17.1 Å². The van der Waals surface area contributed by atoms with Crippen LogP contribution in [0.5, 0.6) is 5.75 Å². The Balaban J connectivity index is 1.85. The minimum absolute atomic E-state index is 0.0525. The highest BCUT2D eigenvalue weighted by atomic mass is 31.2. The highest BCUT2D eigenvalue weighted by Crippen LogP contribution is 2.56. The van der Waals surface area contributed by atoms with Gasteiger partial charge in [-0.1, -0.05) is 54.6 Å². The summed E-state index contributed by atoms with van der Waals surface area (Å²) in [6.45, 7) is 0. The number of anilines is 1. The van der Waals surface area contributed by atoms with Crippen LogP contribution in [0.2, 0.25) is 0 Å². The molecule has 32 heavy (non-hydrogen) atoms. The molecule has 6 heteroatoms. The summed E-state index contributed by atoms with van der Waals surface area (Å²) in [5.41, 5.74) is 0.191. The fourth-order valence-electron chi connectivity index (χ4n) is 3.69. The lowest BCUT2D eigenvalue weighted by Gasteiger charge is -2.24. The highest BCUT2D eigenvalue weighted by molar-refractivity contribution is 7.98. The summed E-state index contributed by atoms with van der Waals surface area (Å²) < 4.78 is 0. The number of hydrogen-bond acceptors (Lipinski definition) is 4. The van der Waals surface area contributed by atoms with Crippen molar-refractivity contribution in [3.8, 4) is 5.75 Å². The van der Waals surface area contributed by atoms with E-state index in [4.69, 9.17) is 0 Å². The number of hydrogen-bond donors (Lipinski definition) is 2. The van der Waals surface area contributed by atoms with Crippen LogP contribution in [-0.4, -0.2) is 10.0 Å². The van der Waals surface area contributed by atoms with Crippen LogP contribution >= 0.6 is 7.26 Å². The normalized spacial score (nSPS) is 11.4. The second-order valence-electron chi connectivity index (χ2n) is 7.15. The van der Waals surface area contributed by atoms with Crippen LogP contribution in [0.4, 0.5) is 11.4 Å². The van der Waals surface area contributed by atoms with Crippen molar-refractivity contribution in [1.82, 2.24) is 0 Å². The van der Waals surface area contributed by atoms with E-state index >= 15 is 0 Å². The number of phenols is 1. The van der Waals surface area contributed by atoms with E-state index in [1.807, 2.05) is 54.6 Å². The van der Waals surface area contributed by atoms with Crippen molar-refractivity contribution in [2.75, 3.05) is 5.32 Å². The van der Waals surface area contributed by atoms with Crippen molar-refractivity contribution in [2.24, 2.45) is 0 Å². The van der Waals surface area contributed by atoms with Crippen molar-refractivity contribution in [3.63, 3.8) is 0 Å². The van der Waals surface area contributed by atoms with Gasteiger partial charge in [0.1, 0.15) is 28.9 Å². The molecule has 0 fully saturated rings. The van der Waals surface area contributed by atoms with E-state index in [0.717, 1.165) is 0 Å². The molecular weight excluding hydrogens is 419 g/mol. The molecule has 4 aromatic carbocycles. The number of nitrogens with one attached hydrogen (secondary N) is 1. The van der Waals surface area contributed by atoms with Crippen molar-refractivity contribution in [2.45, 2.75) is 0 Å². The number of nitro groups is 1. The molecule has 4 rings (SSSR count). The van der Waals surface area contributed by atoms with Crippen LogP contribution in [0, 0.1) is 10.1 Å². The third-order valence-electron chi connectivity index (χ3n) is 5.22. The third-order valence-corrected chi connectivity index (χ3v) is 9.15. The van der Waals surface area contributed by atoms with Crippen LogP contribution in [-0.2, 0) is 0 Å². The average molecular weight is 441 g/mol. The predicted molar refractivity (Wildman–Crippen MR) is 133 cm³/mol. The number of nitrogens with zero attached hydrogens (tertiary/aromatic N) is 1. The van der Waals surface area contributed by atoms with Crippen LogP contribution in [0.1, 0.15) is 0 Å². The molecule has 158 valence electrons. The van der Waals surface area contributed by atoms with E-state index < -0.39 is 12.2 Å². The SMILES string of the molecule is O=[N+]([O-])c1ccc(O)c(N/C=C/[P+](c2ccccc2)(c2ccccc2)c2ccccc2)c1. The molecule has 0 aliphatic rings. The number of phenolic OH excluding ortho intramolecular Hbond substituents is 1. The Morgan fingerprint density at radius 3 is 1.66 bits per heavy atom. The first-order valence-corrected chi connectivity index (χ1v) is 11.9. The zero-order chi connectivity index (χ0) is 22.4. The fourth-order valence-corrected chi connectivity index (χ4v) is 7.32. The molecule has 0 amide bonds. The maximum atomic E-state index is 11.1. The van der Waals surface area contributed by atoms with Crippen molar-refractivity contribution < 1.29 is 10.0 Å². The van der Waals surface area contributed by atoms with Gasteiger partial charge in [-0.05, 0) is 42.5 Å². The highest BCUT2D eigenvalue weighted by Gasteiger charge is 2.43. The molecular formula is C26H22N2O3P+. The summed E-state index contributed by atoms with van der Waals surface area (Å²) in [5.74, 6) is 2.08. The van der Waals surface area contributed by atoms with E-state index in [2.05, 4.69) is 47.5 Å². The van der Waals surface area contributed by atoms with Gasteiger partial charge in [-0.25, -0.2) is 0 Å². The molecule has 0 aromatic heterocycles. The van der Waals surface area contributed by atoms with Gasteiger partial charge in [0.05, 0.1) is 16.4 Å². The van der Waals surface area contributed by atoms with Crippen LogP contribution in [0.3, 0.4) is 0 Å². The number of non-ortho nitro benzene ring substituents is 1. The Morgan fingerprint density at radius 1 is 0.750 bits per heavy atom. The zero-order valence-corrected chi connectivity index (χ0v) is 18.1. The zero-order valence-electron chi connectivity index (χ0n) is 17.2. The lowest BCUT2D eigenvalue weighted by Crippen LogP contribution is -2.29. The standard InChI is InChI=1S/C26H21N2O3P/c29-26-17-16-21(28(30)31)20-25(26)27-18-19-32(22-10-4-1-5-11-22,23-12-6-2-7-13-23)24-14-8-3-9-15-24/h1-20,27H/p+1/b19-18+. The first-order valence-electron chi connectivity index (χ1n) is 10.1. The van der Waals surface area contributed by atoms with Gasteiger partial charge in [-0.3, -0.25) is 10.1 Å². The molecule has 0 saturated heterocycles. The van der Waals surface area contributed by atoms with Crippen LogP contribution in [0.15, 0.2) is 121 Å². The Labute approximate surface area is 187 Å². The molecule has 0 atom stereocenters. The molecule has 5 nitrogen and oxygen atoms in total. The monoisotopic (exact) mass is 441 g/mol. The van der Waals surface area contributed by atoms with Gasteiger partial charge in [0.2, 0.25) is 0 Å². The maximum absolute atomic E-state index is 11.1. The minimum atomic E-state index is -2.19. The van der Waals surface area contributed by atoms with Crippen LogP contribution < -0.4 is 21.2 Å². The fraction of sp³-hybridized carbons (Fsp3) is 0. The molecule has 0 spiro atoms. The van der Waals surface area contributed by atoms with Crippen molar-refractivity contribution in [1.29, 1.82) is 0 Å². The van der Waals surface area contributed by atoms with Gasteiger partial charge in [-0.15, -0.1) is 0 Å². The molecule has 0 radical (unpaired) electrons. The van der Waals surface area contributed by atoms with E-state index in [9.17, 15) is 15.2 Å². The molecule has 0 aliphatic carbocycles. The smallest absolute Gasteiger partial charge is 0.271 e. The van der Waals surface area contributed by atoms with Gasteiger partial charge in [-0.2, -0.15) is 0 Å². The summed E-state index contributed by atoms with van der Waals surface area (Å²) in [4.78, 5) is 10.7. The van der Waals surface area contributed by atoms with E-state index in [1.54, 1.807) is 6.20 Å². The first kappa shape index (κ1) is 21.3.